The molecule has 2 fully saturated rings. The summed E-state index contributed by atoms with van der Waals surface area (Å²) in [5.74, 6) is 0.237. The van der Waals surface area contributed by atoms with E-state index in [2.05, 4.69) is 15.4 Å². The summed E-state index contributed by atoms with van der Waals surface area (Å²) in [6, 6.07) is 9.90. The molecule has 1 aromatic carbocycles. The Labute approximate surface area is 163 Å². The Kier molecular flexibility index (Phi) is 3.84. The number of para-hydroxylation sites is 1. The molecule has 1 aromatic heterocycles. The van der Waals surface area contributed by atoms with Gasteiger partial charge in [-0.05, 0) is 38.8 Å². The van der Waals surface area contributed by atoms with Crippen LogP contribution in [-0.4, -0.2) is 46.4 Å². The van der Waals surface area contributed by atoms with Crippen molar-refractivity contribution >= 4 is 17.5 Å². The number of aryl methyl sites for hydroxylation is 1. The van der Waals surface area contributed by atoms with Gasteiger partial charge in [-0.1, -0.05) is 23.4 Å². The number of amides is 2. The van der Waals surface area contributed by atoms with Crippen molar-refractivity contribution in [2.75, 3.05) is 18.9 Å². The van der Waals surface area contributed by atoms with Crippen LogP contribution in [-0.2, 0) is 21.7 Å². The predicted molar refractivity (Wildman–Crippen MR) is 102 cm³/mol. The fraction of sp³-hybridized carbons (Fsp3) is 0.476. The number of nitrogens with zero attached hydrogens (tertiary/aromatic N) is 3. The highest BCUT2D eigenvalue weighted by molar-refractivity contribution is 6.09. The standard InChI is InChI=1S/C21H24N4O3/c1-13-10-14(23-28-13)12-24(2)19(26)17-11-15-6-5-9-25(15)21(17)16-7-3-4-8-18(16)22-20(21)27/h3-4,7-8,10,15,17H,5-6,9,11-12H2,1-2H3,(H,22,27)/t15-,17+,21+/m1/s1. The van der Waals surface area contributed by atoms with Crippen LogP contribution in [0.25, 0.3) is 0 Å². The van der Waals surface area contributed by atoms with Gasteiger partial charge in [0, 0.05) is 30.4 Å². The number of anilines is 1. The third-order valence-electron chi connectivity index (χ3n) is 6.52. The van der Waals surface area contributed by atoms with E-state index in [1.165, 1.54) is 0 Å². The van der Waals surface area contributed by atoms with E-state index in [0.717, 1.165) is 42.1 Å². The highest BCUT2D eigenvalue weighted by Crippen LogP contribution is 2.55. The molecular weight excluding hydrogens is 356 g/mol. The van der Waals surface area contributed by atoms with Crippen LogP contribution in [0.5, 0.6) is 0 Å². The molecule has 2 saturated heterocycles. The summed E-state index contributed by atoms with van der Waals surface area (Å²) in [6.07, 6.45) is 2.81. The van der Waals surface area contributed by atoms with Crippen LogP contribution in [0.3, 0.4) is 0 Å². The monoisotopic (exact) mass is 380 g/mol. The molecule has 0 unspecified atom stereocenters. The topological polar surface area (TPSA) is 78.7 Å². The Balaban J connectivity index is 1.53. The lowest BCUT2D eigenvalue weighted by Gasteiger charge is -2.37. The number of benzene rings is 1. The van der Waals surface area contributed by atoms with Crippen molar-refractivity contribution in [3.63, 3.8) is 0 Å². The Hall–Kier alpha value is -2.67. The van der Waals surface area contributed by atoms with Crippen LogP contribution < -0.4 is 5.32 Å². The summed E-state index contributed by atoms with van der Waals surface area (Å²) in [5, 5.41) is 7.04. The maximum Gasteiger partial charge on any atom is 0.250 e. The number of fused-ring (bicyclic) bond motifs is 4. The van der Waals surface area contributed by atoms with Crippen molar-refractivity contribution < 1.29 is 14.1 Å². The van der Waals surface area contributed by atoms with Gasteiger partial charge in [-0.2, -0.15) is 0 Å². The lowest BCUT2D eigenvalue weighted by molar-refractivity contribution is -0.143. The smallest absolute Gasteiger partial charge is 0.250 e. The molecule has 3 atom stereocenters. The van der Waals surface area contributed by atoms with E-state index in [-0.39, 0.29) is 17.9 Å². The second-order valence-electron chi connectivity index (χ2n) is 8.17. The number of aromatic nitrogens is 1. The zero-order valence-electron chi connectivity index (χ0n) is 16.1. The molecule has 28 heavy (non-hydrogen) atoms. The molecule has 0 bridgehead atoms. The van der Waals surface area contributed by atoms with E-state index in [9.17, 15) is 9.59 Å². The Morgan fingerprint density at radius 3 is 3.04 bits per heavy atom. The van der Waals surface area contributed by atoms with E-state index in [1.54, 1.807) is 11.9 Å². The van der Waals surface area contributed by atoms with Gasteiger partial charge in [-0.25, -0.2) is 0 Å². The fourth-order valence-electron chi connectivity index (χ4n) is 5.44. The molecular formula is C21H24N4O3. The quantitative estimate of drug-likeness (QED) is 0.884. The first kappa shape index (κ1) is 17.4. The lowest BCUT2D eigenvalue weighted by atomic mass is 9.78. The summed E-state index contributed by atoms with van der Waals surface area (Å²) in [6.45, 7) is 3.05. The largest absolute Gasteiger partial charge is 0.361 e. The minimum Gasteiger partial charge on any atom is -0.361 e. The van der Waals surface area contributed by atoms with Crippen LogP contribution in [0, 0.1) is 12.8 Å². The molecule has 2 aromatic rings. The van der Waals surface area contributed by atoms with Crippen LogP contribution in [0.4, 0.5) is 5.69 Å². The fourth-order valence-corrected chi connectivity index (χ4v) is 5.44. The van der Waals surface area contributed by atoms with Gasteiger partial charge in [0.25, 0.3) is 0 Å². The molecule has 5 rings (SSSR count). The van der Waals surface area contributed by atoms with Crippen molar-refractivity contribution in [3.05, 3.63) is 47.3 Å². The summed E-state index contributed by atoms with van der Waals surface area (Å²) in [7, 11) is 1.78. The molecule has 2 amide bonds. The van der Waals surface area contributed by atoms with Crippen molar-refractivity contribution in [2.45, 2.75) is 44.3 Å². The van der Waals surface area contributed by atoms with Gasteiger partial charge in [0.15, 0.2) is 0 Å². The second kappa shape index (κ2) is 6.17. The minimum atomic E-state index is -0.900. The number of hydrogen-bond donors (Lipinski definition) is 1. The summed E-state index contributed by atoms with van der Waals surface area (Å²) in [5.41, 5.74) is 1.58. The first-order chi connectivity index (χ1) is 13.5. The van der Waals surface area contributed by atoms with Crippen molar-refractivity contribution in [1.82, 2.24) is 15.0 Å². The van der Waals surface area contributed by atoms with Crippen molar-refractivity contribution in [2.24, 2.45) is 5.92 Å². The maximum absolute atomic E-state index is 13.6. The van der Waals surface area contributed by atoms with Gasteiger partial charge in [-0.15, -0.1) is 0 Å². The van der Waals surface area contributed by atoms with E-state index in [0.29, 0.717) is 13.0 Å². The predicted octanol–water partition coefficient (Wildman–Crippen LogP) is 2.27. The molecule has 146 valence electrons. The summed E-state index contributed by atoms with van der Waals surface area (Å²) in [4.78, 5) is 30.9. The molecule has 1 N–H and O–H groups in total. The zero-order valence-corrected chi connectivity index (χ0v) is 16.1. The van der Waals surface area contributed by atoms with Gasteiger partial charge >= 0.3 is 0 Å². The zero-order chi connectivity index (χ0) is 19.5. The first-order valence-electron chi connectivity index (χ1n) is 9.86. The number of hydrogen-bond acceptors (Lipinski definition) is 5. The number of rotatable bonds is 3. The van der Waals surface area contributed by atoms with Gasteiger partial charge in [0.05, 0.1) is 12.5 Å². The Bertz CT molecular complexity index is 955. The normalized spacial score (nSPS) is 28.4. The molecule has 0 radical (unpaired) electrons. The average Bonchev–Trinajstić information content (AvgIpc) is 3.41. The highest BCUT2D eigenvalue weighted by atomic mass is 16.5. The van der Waals surface area contributed by atoms with E-state index >= 15 is 0 Å². The van der Waals surface area contributed by atoms with Crippen LogP contribution >= 0.6 is 0 Å². The van der Waals surface area contributed by atoms with E-state index in [1.807, 2.05) is 37.3 Å². The van der Waals surface area contributed by atoms with Gasteiger partial charge in [0.1, 0.15) is 17.0 Å². The molecule has 1 spiro atoms. The number of carbonyl (C=O) groups excluding carboxylic acids is 2. The second-order valence-corrected chi connectivity index (χ2v) is 8.17. The summed E-state index contributed by atoms with van der Waals surface area (Å²) >= 11 is 0. The Morgan fingerprint density at radius 1 is 1.43 bits per heavy atom. The first-order valence-corrected chi connectivity index (χ1v) is 9.86. The minimum absolute atomic E-state index is 0.0121. The number of carbonyl (C=O) groups is 2. The third kappa shape index (κ3) is 2.29. The molecule has 0 aliphatic carbocycles. The molecule has 7 nitrogen and oxygen atoms in total. The summed E-state index contributed by atoms with van der Waals surface area (Å²) < 4.78 is 5.13. The molecule has 0 saturated carbocycles. The van der Waals surface area contributed by atoms with Crippen LogP contribution in [0.15, 0.2) is 34.9 Å². The Morgan fingerprint density at radius 2 is 2.25 bits per heavy atom. The van der Waals surface area contributed by atoms with E-state index < -0.39 is 11.5 Å². The van der Waals surface area contributed by atoms with Crippen LogP contribution in [0.1, 0.15) is 36.3 Å². The molecule has 3 aliphatic heterocycles. The molecule has 4 heterocycles. The van der Waals surface area contributed by atoms with Gasteiger partial charge in [-0.3, -0.25) is 14.5 Å². The lowest BCUT2D eigenvalue weighted by Crippen LogP contribution is -2.54. The van der Waals surface area contributed by atoms with Gasteiger partial charge < -0.3 is 14.7 Å². The van der Waals surface area contributed by atoms with Crippen LogP contribution in [0.2, 0.25) is 0 Å². The average molecular weight is 380 g/mol. The van der Waals surface area contributed by atoms with Crippen molar-refractivity contribution in [3.8, 4) is 0 Å². The SMILES string of the molecule is Cc1cc(CN(C)C(=O)[C@@H]2C[C@H]3CCCN3[C@]23C(=O)Nc2ccccc23)no1. The highest BCUT2D eigenvalue weighted by Gasteiger charge is 2.65. The molecule has 3 aliphatic rings. The van der Waals surface area contributed by atoms with Crippen molar-refractivity contribution in [1.29, 1.82) is 0 Å². The van der Waals surface area contributed by atoms with E-state index in [4.69, 9.17) is 4.52 Å². The third-order valence-corrected chi connectivity index (χ3v) is 6.52. The molecule has 7 heteroatoms. The van der Waals surface area contributed by atoms with Gasteiger partial charge in [0.2, 0.25) is 11.8 Å². The maximum atomic E-state index is 13.6. The number of nitrogens with one attached hydrogen (secondary N) is 1.